The lowest BCUT2D eigenvalue weighted by Gasteiger charge is -2.19. The fraction of sp³-hybridized carbons (Fsp3) is 0.143. The van der Waals surface area contributed by atoms with E-state index in [0.717, 1.165) is 20.2 Å². The van der Waals surface area contributed by atoms with E-state index in [1.165, 1.54) is 0 Å². The predicted molar refractivity (Wildman–Crippen MR) is 86.7 cm³/mol. The average Bonchev–Trinajstić information content (AvgIpc) is 2.41. The molecule has 0 aliphatic rings. The standard InChI is InChI=1S/C14H12Br2ClNO/c15-9-1-4-11(5-2-9)18-14(8-19)12-7-10(16)3-6-13(12)17/h1-7,14,18-19H,8H2. The van der Waals surface area contributed by atoms with Gasteiger partial charge in [0.1, 0.15) is 0 Å². The molecule has 2 rings (SSSR count). The lowest BCUT2D eigenvalue weighted by atomic mass is 10.1. The van der Waals surface area contributed by atoms with Gasteiger partial charge in [-0.1, -0.05) is 43.5 Å². The Morgan fingerprint density at radius 2 is 1.68 bits per heavy atom. The Hall–Kier alpha value is -0.550. The third kappa shape index (κ3) is 3.96. The van der Waals surface area contributed by atoms with Gasteiger partial charge in [-0.3, -0.25) is 0 Å². The third-order valence-electron chi connectivity index (χ3n) is 2.70. The highest BCUT2D eigenvalue weighted by atomic mass is 79.9. The normalized spacial score (nSPS) is 12.2. The maximum absolute atomic E-state index is 9.56. The SMILES string of the molecule is OCC(Nc1ccc(Br)cc1)c1cc(Br)ccc1Cl. The number of aliphatic hydroxyl groups excluding tert-OH is 1. The van der Waals surface area contributed by atoms with Crippen LogP contribution < -0.4 is 5.32 Å². The number of hydrogen-bond acceptors (Lipinski definition) is 2. The van der Waals surface area contributed by atoms with Crippen molar-refractivity contribution in [2.75, 3.05) is 11.9 Å². The first kappa shape index (κ1) is 14.9. The van der Waals surface area contributed by atoms with Crippen molar-refractivity contribution >= 4 is 49.1 Å². The topological polar surface area (TPSA) is 32.3 Å². The van der Waals surface area contributed by atoms with E-state index in [4.69, 9.17) is 11.6 Å². The molecule has 0 heterocycles. The molecular weight excluding hydrogens is 393 g/mol. The molecule has 2 aromatic rings. The second-order valence-corrected chi connectivity index (χ2v) is 6.29. The largest absolute Gasteiger partial charge is 0.394 e. The van der Waals surface area contributed by atoms with E-state index >= 15 is 0 Å². The number of anilines is 1. The predicted octanol–water partition coefficient (Wildman–Crippen LogP) is 5.01. The average molecular weight is 406 g/mol. The lowest BCUT2D eigenvalue weighted by molar-refractivity contribution is 0.276. The summed E-state index contributed by atoms with van der Waals surface area (Å²) in [7, 11) is 0. The molecule has 0 radical (unpaired) electrons. The Kier molecular flexibility index (Phi) is 5.28. The van der Waals surface area contributed by atoms with Crippen LogP contribution in [-0.2, 0) is 0 Å². The molecule has 0 amide bonds. The van der Waals surface area contributed by atoms with Crippen molar-refractivity contribution in [2.24, 2.45) is 0 Å². The van der Waals surface area contributed by atoms with Crippen molar-refractivity contribution in [2.45, 2.75) is 6.04 Å². The van der Waals surface area contributed by atoms with Crippen molar-refractivity contribution < 1.29 is 5.11 Å². The molecule has 0 saturated heterocycles. The Balaban J connectivity index is 2.24. The maximum Gasteiger partial charge on any atom is 0.0759 e. The summed E-state index contributed by atoms with van der Waals surface area (Å²) in [6.07, 6.45) is 0. The monoisotopic (exact) mass is 403 g/mol. The molecule has 0 saturated carbocycles. The van der Waals surface area contributed by atoms with Crippen molar-refractivity contribution in [1.82, 2.24) is 0 Å². The molecule has 0 aromatic heterocycles. The van der Waals surface area contributed by atoms with Crippen LogP contribution in [0, 0.1) is 0 Å². The van der Waals surface area contributed by atoms with Crippen molar-refractivity contribution in [3.63, 3.8) is 0 Å². The van der Waals surface area contributed by atoms with Gasteiger partial charge in [0.25, 0.3) is 0 Å². The van der Waals surface area contributed by atoms with Crippen LogP contribution in [0.1, 0.15) is 11.6 Å². The van der Waals surface area contributed by atoms with Crippen LogP contribution in [0.25, 0.3) is 0 Å². The van der Waals surface area contributed by atoms with Crippen LogP contribution in [0.5, 0.6) is 0 Å². The number of aliphatic hydroxyl groups is 1. The summed E-state index contributed by atoms with van der Waals surface area (Å²) in [4.78, 5) is 0. The van der Waals surface area contributed by atoms with Gasteiger partial charge in [0.15, 0.2) is 0 Å². The number of benzene rings is 2. The highest BCUT2D eigenvalue weighted by molar-refractivity contribution is 9.10. The molecule has 0 bridgehead atoms. The smallest absolute Gasteiger partial charge is 0.0759 e. The molecule has 100 valence electrons. The number of hydrogen-bond donors (Lipinski definition) is 2. The molecule has 1 atom stereocenters. The van der Waals surface area contributed by atoms with Crippen LogP contribution in [0.2, 0.25) is 5.02 Å². The zero-order valence-corrected chi connectivity index (χ0v) is 13.8. The van der Waals surface area contributed by atoms with E-state index in [9.17, 15) is 5.11 Å². The first-order valence-electron chi connectivity index (χ1n) is 5.68. The first-order chi connectivity index (χ1) is 9.10. The molecule has 2 N–H and O–H groups in total. The highest BCUT2D eigenvalue weighted by Gasteiger charge is 2.14. The summed E-state index contributed by atoms with van der Waals surface area (Å²) in [6, 6.07) is 13.1. The van der Waals surface area contributed by atoms with Gasteiger partial charge >= 0.3 is 0 Å². The molecule has 0 spiro atoms. The second kappa shape index (κ2) is 6.75. The van der Waals surface area contributed by atoms with E-state index in [1.807, 2.05) is 42.5 Å². The molecule has 5 heteroatoms. The fourth-order valence-electron chi connectivity index (χ4n) is 1.75. The summed E-state index contributed by atoms with van der Waals surface area (Å²) in [5.74, 6) is 0. The molecule has 0 aliphatic carbocycles. The molecule has 19 heavy (non-hydrogen) atoms. The number of rotatable bonds is 4. The van der Waals surface area contributed by atoms with Gasteiger partial charge in [-0.25, -0.2) is 0 Å². The molecule has 0 fully saturated rings. The summed E-state index contributed by atoms with van der Waals surface area (Å²) in [6.45, 7) is -0.0355. The summed E-state index contributed by atoms with van der Waals surface area (Å²) < 4.78 is 1.95. The minimum Gasteiger partial charge on any atom is -0.394 e. The van der Waals surface area contributed by atoms with Gasteiger partial charge in [0.05, 0.1) is 12.6 Å². The van der Waals surface area contributed by atoms with Crippen LogP contribution in [0.3, 0.4) is 0 Å². The highest BCUT2D eigenvalue weighted by Crippen LogP contribution is 2.29. The lowest BCUT2D eigenvalue weighted by Crippen LogP contribution is -2.15. The Morgan fingerprint density at radius 1 is 1.05 bits per heavy atom. The van der Waals surface area contributed by atoms with Crippen LogP contribution in [-0.4, -0.2) is 11.7 Å². The van der Waals surface area contributed by atoms with Gasteiger partial charge in [-0.2, -0.15) is 0 Å². The van der Waals surface area contributed by atoms with E-state index in [0.29, 0.717) is 5.02 Å². The van der Waals surface area contributed by atoms with E-state index in [2.05, 4.69) is 37.2 Å². The van der Waals surface area contributed by atoms with Crippen LogP contribution in [0.4, 0.5) is 5.69 Å². The number of halogens is 3. The number of nitrogens with one attached hydrogen (secondary N) is 1. The van der Waals surface area contributed by atoms with E-state index in [1.54, 1.807) is 0 Å². The minimum absolute atomic E-state index is 0.0355. The van der Waals surface area contributed by atoms with Gasteiger partial charge < -0.3 is 10.4 Å². The quantitative estimate of drug-likeness (QED) is 0.749. The molecular formula is C14H12Br2ClNO. The van der Waals surface area contributed by atoms with Crippen molar-refractivity contribution in [3.8, 4) is 0 Å². The fourth-order valence-corrected chi connectivity index (χ4v) is 2.64. The Labute approximate surface area is 134 Å². The van der Waals surface area contributed by atoms with Crippen molar-refractivity contribution in [1.29, 1.82) is 0 Å². The zero-order valence-electron chi connectivity index (χ0n) is 9.91. The Morgan fingerprint density at radius 3 is 2.32 bits per heavy atom. The molecule has 1 unspecified atom stereocenters. The van der Waals surface area contributed by atoms with Crippen molar-refractivity contribution in [3.05, 3.63) is 62.0 Å². The van der Waals surface area contributed by atoms with E-state index in [-0.39, 0.29) is 12.6 Å². The van der Waals surface area contributed by atoms with Gasteiger partial charge in [0, 0.05) is 19.7 Å². The first-order valence-corrected chi connectivity index (χ1v) is 7.64. The molecule has 2 aromatic carbocycles. The van der Waals surface area contributed by atoms with E-state index < -0.39 is 0 Å². The summed E-state index contributed by atoms with van der Waals surface area (Å²) >= 11 is 13.0. The van der Waals surface area contributed by atoms with Gasteiger partial charge in [-0.15, -0.1) is 0 Å². The summed E-state index contributed by atoms with van der Waals surface area (Å²) in [5.41, 5.74) is 1.79. The second-order valence-electron chi connectivity index (χ2n) is 4.05. The van der Waals surface area contributed by atoms with Crippen LogP contribution >= 0.6 is 43.5 Å². The van der Waals surface area contributed by atoms with Gasteiger partial charge in [-0.05, 0) is 48.0 Å². The summed E-state index contributed by atoms with van der Waals surface area (Å²) in [5, 5.41) is 13.5. The Bertz CT molecular complexity index is 560. The van der Waals surface area contributed by atoms with Crippen LogP contribution in [0.15, 0.2) is 51.4 Å². The van der Waals surface area contributed by atoms with Gasteiger partial charge in [0.2, 0.25) is 0 Å². The minimum atomic E-state index is -0.244. The molecule has 2 nitrogen and oxygen atoms in total. The third-order valence-corrected chi connectivity index (χ3v) is 4.07. The molecule has 0 aliphatic heterocycles. The maximum atomic E-state index is 9.56. The zero-order chi connectivity index (χ0) is 13.8.